The smallest absolute Gasteiger partial charge is 0.224 e. The first-order chi connectivity index (χ1) is 13.1. The summed E-state index contributed by atoms with van der Waals surface area (Å²) >= 11 is 0. The van der Waals surface area contributed by atoms with Gasteiger partial charge in [0.2, 0.25) is 5.95 Å². The van der Waals surface area contributed by atoms with Crippen molar-refractivity contribution in [2.45, 2.75) is 25.2 Å². The fourth-order valence-corrected chi connectivity index (χ4v) is 2.85. The zero-order valence-electron chi connectivity index (χ0n) is 16.6. The van der Waals surface area contributed by atoms with E-state index in [1.165, 1.54) is 12.8 Å². The summed E-state index contributed by atoms with van der Waals surface area (Å²) in [5.41, 5.74) is 2.00. The fourth-order valence-electron chi connectivity index (χ4n) is 2.85. The number of nitrogens with zero attached hydrogens (tertiary/aromatic N) is 3. The molecule has 0 amide bonds. The molecule has 1 aliphatic rings. The molecule has 1 heterocycles. The highest BCUT2D eigenvalue weighted by atomic mass is 16.5. The lowest BCUT2D eigenvalue weighted by Crippen LogP contribution is -2.17. The van der Waals surface area contributed by atoms with Crippen molar-refractivity contribution in [1.29, 1.82) is 0 Å². The predicted molar refractivity (Wildman–Crippen MR) is 108 cm³/mol. The number of nitrogens with one attached hydrogen (secondary N) is 2. The summed E-state index contributed by atoms with van der Waals surface area (Å²) in [6, 6.07) is 7.77. The third-order valence-corrected chi connectivity index (χ3v) is 4.46. The van der Waals surface area contributed by atoms with Crippen LogP contribution in [0.3, 0.4) is 0 Å². The Hall–Kier alpha value is -2.54. The van der Waals surface area contributed by atoms with Gasteiger partial charge in [0, 0.05) is 30.3 Å². The first-order valence-corrected chi connectivity index (χ1v) is 9.35. The topological polar surface area (TPSA) is 71.5 Å². The highest BCUT2D eigenvalue weighted by Gasteiger charge is 2.26. The van der Waals surface area contributed by atoms with E-state index in [0.29, 0.717) is 23.4 Å². The summed E-state index contributed by atoms with van der Waals surface area (Å²) in [6.07, 6.45) is 3.45. The summed E-state index contributed by atoms with van der Waals surface area (Å²) in [7, 11) is 7.42. The number of anilines is 3. The Morgan fingerprint density at radius 2 is 1.85 bits per heavy atom. The minimum absolute atomic E-state index is 0.557. The zero-order chi connectivity index (χ0) is 19.2. The molecule has 1 aromatic carbocycles. The van der Waals surface area contributed by atoms with E-state index in [-0.39, 0.29) is 0 Å². The van der Waals surface area contributed by atoms with Gasteiger partial charge in [-0.2, -0.15) is 4.98 Å². The predicted octanol–water partition coefficient (Wildman–Crippen LogP) is 3.48. The number of ether oxygens (including phenoxy) is 2. The highest BCUT2D eigenvalue weighted by molar-refractivity contribution is 5.62. The lowest BCUT2D eigenvalue weighted by molar-refractivity contribution is 0.355. The molecule has 0 atom stereocenters. The highest BCUT2D eigenvalue weighted by Crippen LogP contribution is 2.40. The minimum Gasteiger partial charge on any atom is -0.493 e. The van der Waals surface area contributed by atoms with Crippen LogP contribution in [0.1, 0.15) is 30.9 Å². The molecule has 1 aromatic heterocycles. The van der Waals surface area contributed by atoms with Crippen molar-refractivity contribution < 1.29 is 9.47 Å². The minimum atomic E-state index is 0.557. The van der Waals surface area contributed by atoms with E-state index in [1.54, 1.807) is 14.2 Å². The Bertz CT molecular complexity index is 762. The van der Waals surface area contributed by atoms with Crippen molar-refractivity contribution in [3.63, 3.8) is 0 Å². The molecule has 7 heteroatoms. The van der Waals surface area contributed by atoms with Crippen molar-refractivity contribution in [2.24, 2.45) is 0 Å². The number of hydrogen-bond acceptors (Lipinski definition) is 7. The van der Waals surface area contributed by atoms with Gasteiger partial charge in [0.05, 0.1) is 19.9 Å². The molecule has 27 heavy (non-hydrogen) atoms. The fraction of sp³-hybridized carbons (Fsp3) is 0.500. The standard InChI is InChI=1S/C20H29N5O2/c1-25(2)11-5-10-21-20-23-16(14-6-7-14)13-19(24-20)22-15-8-9-17(26-3)18(12-15)27-4/h8-9,12-14H,5-7,10-11H2,1-4H3,(H2,21,22,23,24). The van der Waals surface area contributed by atoms with E-state index < -0.39 is 0 Å². The Labute approximate surface area is 161 Å². The number of hydrogen-bond donors (Lipinski definition) is 2. The first kappa shape index (κ1) is 19.2. The molecule has 0 aliphatic heterocycles. The zero-order valence-corrected chi connectivity index (χ0v) is 16.6. The molecule has 3 rings (SSSR count). The average Bonchev–Trinajstić information content (AvgIpc) is 3.50. The van der Waals surface area contributed by atoms with Crippen LogP contribution >= 0.6 is 0 Å². The Balaban J connectivity index is 1.74. The van der Waals surface area contributed by atoms with Crippen molar-refractivity contribution in [3.8, 4) is 11.5 Å². The molecule has 1 aliphatic carbocycles. The van der Waals surface area contributed by atoms with Crippen molar-refractivity contribution in [2.75, 3.05) is 52.0 Å². The van der Waals surface area contributed by atoms with Crippen LogP contribution in [0.25, 0.3) is 0 Å². The number of benzene rings is 1. The van der Waals surface area contributed by atoms with Gasteiger partial charge < -0.3 is 25.0 Å². The van der Waals surface area contributed by atoms with Gasteiger partial charge in [0.15, 0.2) is 11.5 Å². The van der Waals surface area contributed by atoms with Gasteiger partial charge in [0.25, 0.3) is 0 Å². The van der Waals surface area contributed by atoms with E-state index in [2.05, 4.69) is 34.6 Å². The molecule has 7 nitrogen and oxygen atoms in total. The maximum Gasteiger partial charge on any atom is 0.224 e. The van der Waals surface area contributed by atoms with Crippen molar-refractivity contribution >= 4 is 17.5 Å². The maximum atomic E-state index is 5.38. The van der Waals surface area contributed by atoms with Crippen LogP contribution in [0.15, 0.2) is 24.3 Å². The summed E-state index contributed by atoms with van der Waals surface area (Å²) in [4.78, 5) is 11.5. The van der Waals surface area contributed by atoms with E-state index in [4.69, 9.17) is 14.5 Å². The van der Waals surface area contributed by atoms with Gasteiger partial charge in [-0.1, -0.05) is 0 Å². The Morgan fingerprint density at radius 3 is 2.52 bits per heavy atom. The number of methoxy groups -OCH3 is 2. The lowest BCUT2D eigenvalue weighted by Gasteiger charge is -2.14. The maximum absolute atomic E-state index is 5.38. The number of aromatic nitrogens is 2. The van der Waals surface area contributed by atoms with Crippen LogP contribution in [0, 0.1) is 0 Å². The molecule has 2 N–H and O–H groups in total. The van der Waals surface area contributed by atoms with Crippen molar-refractivity contribution in [3.05, 3.63) is 30.0 Å². The van der Waals surface area contributed by atoms with Crippen LogP contribution in [0.5, 0.6) is 11.5 Å². The molecule has 1 saturated carbocycles. The van der Waals surface area contributed by atoms with Gasteiger partial charge in [-0.3, -0.25) is 0 Å². The molecule has 1 fully saturated rings. The van der Waals surface area contributed by atoms with Crippen LogP contribution in [0.4, 0.5) is 17.5 Å². The molecule has 0 saturated heterocycles. The van der Waals surface area contributed by atoms with E-state index in [0.717, 1.165) is 36.7 Å². The van der Waals surface area contributed by atoms with Crippen LogP contribution in [-0.2, 0) is 0 Å². The van der Waals surface area contributed by atoms with Gasteiger partial charge in [0.1, 0.15) is 5.82 Å². The molecule has 146 valence electrons. The molecule has 0 unspecified atom stereocenters. The molecule has 2 aromatic rings. The quantitative estimate of drug-likeness (QED) is 0.620. The van der Waals surface area contributed by atoms with Crippen molar-refractivity contribution in [1.82, 2.24) is 14.9 Å². The van der Waals surface area contributed by atoms with Gasteiger partial charge in [-0.05, 0) is 52.0 Å². The molecule has 0 radical (unpaired) electrons. The van der Waals surface area contributed by atoms with Crippen LogP contribution in [0.2, 0.25) is 0 Å². The molecule has 0 spiro atoms. The second-order valence-electron chi connectivity index (χ2n) is 7.05. The van der Waals surface area contributed by atoms with Crippen LogP contribution in [-0.4, -0.2) is 56.3 Å². The second kappa shape index (κ2) is 8.90. The SMILES string of the molecule is COc1ccc(Nc2cc(C3CC3)nc(NCCCN(C)C)n2)cc1OC. The first-order valence-electron chi connectivity index (χ1n) is 9.35. The van der Waals surface area contributed by atoms with E-state index in [9.17, 15) is 0 Å². The summed E-state index contributed by atoms with van der Waals surface area (Å²) in [5.74, 6) is 3.41. The molecular weight excluding hydrogens is 342 g/mol. The second-order valence-corrected chi connectivity index (χ2v) is 7.05. The van der Waals surface area contributed by atoms with E-state index >= 15 is 0 Å². The van der Waals surface area contributed by atoms with E-state index in [1.807, 2.05) is 24.3 Å². The van der Waals surface area contributed by atoms with Crippen LogP contribution < -0.4 is 20.1 Å². The largest absolute Gasteiger partial charge is 0.493 e. The van der Waals surface area contributed by atoms with Gasteiger partial charge in [-0.15, -0.1) is 0 Å². The Kier molecular flexibility index (Phi) is 6.34. The Morgan fingerprint density at radius 1 is 1.07 bits per heavy atom. The van der Waals surface area contributed by atoms with Gasteiger partial charge in [-0.25, -0.2) is 4.98 Å². The lowest BCUT2D eigenvalue weighted by atomic mass is 10.2. The van der Waals surface area contributed by atoms with Gasteiger partial charge >= 0.3 is 0 Å². The third-order valence-electron chi connectivity index (χ3n) is 4.46. The summed E-state index contributed by atoms with van der Waals surface area (Å²) in [5, 5.41) is 6.72. The molecular formula is C20H29N5O2. The summed E-state index contributed by atoms with van der Waals surface area (Å²) in [6.45, 7) is 1.88. The summed E-state index contributed by atoms with van der Waals surface area (Å²) < 4.78 is 10.7. The third kappa shape index (κ3) is 5.47. The normalized spacial score (nSPS) is 13.5. The number of rotatable bonds is 10. The average molecular weight is 371 g/mol. The molecule has 0 bridgehead atoms. The monoisotopic (exact) mass is 371 g/mol.